The number of aryl methyl sites for hydroxylation is 2. The van der Waals surface area contributed by atoms with E-state index >= 15 is 0 Å². The van der Waals surface area contributed by atoms with Crippen LogP contribution >= 0.6 is 11.6 Å². The van der Waals surface area contributed by atoms with Crippen LogP contribution in [0.2, 0.25) is 0 Å². The molecular formula is C13H21ClN2. The van der Waals surface area contributed by atoms with Crippen LogP contribution in [-0.4, -0.2) is 15.7 Å². The van der Waals surface area contributed by atoms with Crippen LogP contribution in [0.25, 0.3) is 0 Å². The molecule has 3 heteroatoms. The second kappa shape index (κ2) is 5.22. The molecule has 1 aromatic rings. The van der Waals surface area contributed by atoms with Crippen LogP contribution in [0.4, 0.5) is 0 Å². The predicted molar refractivity (Wildman–Crippen MR) is 67.8 cm³/mol. The molecule has 0 unspecified atom stereocenters. The fraction of sp³-hybridized carbons (Fsp3) is 0.769. The van der Waals surface area contributed by atoms with E-state index < -0.39 is 0 Å². The van der Waals surface area contributed by atoms with Gasteiger partial charge in [0.05, 0.1) is 6.20 Å². The minimum absolute atomic E-state index is 0.412. The summed E-state index contributed by atoms with van der Waals surface area (Å²) in [5, 5.41) is 4.21. The molecule has 1 saturated carbocycles. The van der Waals surface area contributed by atoms with Crippen molar-refractivity contribution in [2.24, 2.45) is 12.5 Å². The third kappa shape index (κ3) is 2.79. The van der Waals surface area contributed by atoms with Crippen molar-refractivity contribution < 1.29 is 0 Å². The molecular weight excluding hydrogens is 220 g/mol. The van der Waals surface area contributed by atoms with E-state index in [4.69, 9.17) is 11.6 Å². The van der Waals surface area contributed by atoms with Gasteiger partial charge in [-0.25, -0.2) is 0 Å². The van der Waals surface area contributed by atoms with E-state index in [0.717, 1.165) is 12.3 Å². The summed E-state index contributed by atoms with van der Waals surface area (Å²) in [6, 6.07) is 0. The van der Waals surface area contributed by atoms with Crippen LogP contribution in [0, 0.1) is 5.41 Å². The Bertz CT molecular complexity index is 326. The lowest BCUT2D eigenvalue weighted by Crippen LogP contribution is -2.26. The van der Waals surface area contributed by atoms with Gasteiger partial charge in [0.15, 0.2) is 0 Å². The van der Waals surface area contributed by atoms with Gasteiger partial charge < -0.3 is 0 Å². The molecule has 0 atom stereocenters. The summed E-state index contributed by atoms with van der Waals surface area (Å²) in [6.45, 7) is 0. The van der Waals surface area contributed by atoms with E-state index in [-0.39, 0.29) is 0 Å². The smallest absolute Gasteiger partial charge is 0.0521 e. The Balaban J connectivity index is 1.91. The second-order valence-corrected chi connectivity index (χ2v) is 5.48. The van der Waals surface area contributed by atoms with E-state index in [1.807, 2.05) is 17.9 Å². The number of alkyl halides is 1. The fourth-order valence-corrected chi connectivity index (χ4v) is 3.16. The van der Waals surface area contributed by atoms with Gasteiger partial charge in [0, 0.05) is 19.1 Å². The number of nitrogens with zero attached hydrogens (tertiary/aromatic N) is 2. The number of halogens is 1. The molecule has 0 N–H and O–H groups in total. The zero-order valence-electron chi connectivity index (χ0n) is 10.1. The zero-order valence-corrected chi connectivity index (χ0v) is 10.8. The average Bonchev–Trinajstić information content (AvgIpc) is 2.74. The molecule has 1 aliphatic carbocycles. The SMILES string of the molecule is Cn1cc(CCC2(CCl)CCCCC2)cn1. The molecule has 1 aromatic heterocycles. The van der Waals surface area contributed by atoms with Crippen molar-refractivity contribution in [1.82, 2.24) is 9.78 Å². The van der Waals surface area contributed by atoms with E-state index in [1.165, 1.54) is 44.1 Å². The van der Waals surface area contributed by atoms with Crippen LogP contribution in [0.5, 0.6) is 0 Å². The van der Waals surface area contributed by atoms with Gasteiger partial charge >= 0.3 is 0 Å². The minimum Gasteiger partial charge on any atom is -0.276 e. The molecule has 1 aliphatic rings. The van der Waals surface area contributed by atoms with Crippen LogP contribution < -0.4 is 0 Å². The predicted octanol–water partition coefficient (Wildman–Crippen LogP) is 3.54. The molecule has 2 nitrogen and oxygen atoms in total. The first kappa shape index (κ1) is 12.0. The van der Waals surface area contributed by atoms with Gasteiger partial charge in [-0.2, -0.15) is 5.10 Å². The van der Waals surface area contributed by atoms with Gasteiger partial charge in [0.1, 0.15) is 0 Å². The first-order valence-corrected chi connectivity index (χ1v) is 6.81. The summed E-state index contributed by atoms with van der Waals surface area (Å²) in [5.41, 5.74) is 1.76. The largest absolute Gasteiger partial charge is 0.276 e. The molecule has 0 aromatic carbocycles. The molecule has 0 bridgehead atoms. The van der Waals surface area contributed by atoms with Gasteiger partial charge in [-0.3, -0.25) is 4.68 Å². The van der Waals surface area contributed by atoms with Crippen LogP contribution in [0.1, 0.15) is 44.1 Å². The van der Waals surface area contributed by atoms with E-state index in [0.29, 0.717) is 5.41 Å². The first-order chi connectivity index (χ1) is 7.74. The normalized spacial score (nSPS) is 19.9. The van der Waals surface area contributed by atoms with Crippen molar-refractivity contribution in [3.05, 3.63) is 18.0 Å². The zero-order chi connectivity index (χ0) is 11.4. The fourth-order valence-electron chi connectivity index (χ4n) is 2.76. The Kier molecular flexibility index (Phi) is 3.91. The summed E-state index contributed by atoms with van der Waals surface area (Å²) in [6.07, 6.45) is 13.2. The second-order valence-electron chi connectivity index (χ2n) is 5.22. The van der Waals surface area contributed by atoms with Crippen LogP contribution in [-0.2, 0) is 13.5 Å². The third-order valence-corrected chi connectivity index (χ3v) is 4.47. The number of hydrogen-bond donors (Lipinski definition) is 0. The molecule has 0 radical (unpaired) electrons. The number of aromatic nitrogens is 2. The molecule has 0 aliphatic heterocycles. The molecule has 1 fully saturated rings. The van der Waals surface area contributed by atoms with Gasteiger partial charge in [0.2, 0.25) is 0 Å². The van der Waals surface area contributed by atoms with Crippen molar-refractivity contribution in [3.63, 3.8) is 0 Å². The highest BCUT2D eigenvalue weighted by Gasteiger charge is 2.30. The molecule has 2 rings (SSSR count). The lowest BCUT2D eigenvalue weighted by atomic mass is 9.72. The lowest BCUT2D eigenvalue weighted by molar-refractivity contribution is 0.204. The third-order valence-electron chi connectivity index (χ3n) is 3.90. The van der Waals surface area contributed by atoms with Gasteiger partial charge in [-0.1, -0.05) is 19.3 Å². The Labute approximate surface area is 103 Å². The van der Waals surface area contributed by atoms with Gasteiger partial charge in [-0.05, 0) is 36.7 Å². The van der Waals surface area contributed by atoms with Crippen LogP contribution in [0.15, 0.2) is 12.4 Å². The number of rotatable bonds is 4. The summed E-state index contributed by atoms with van der Waals surface area (Å²) in [7, 11) is 1.97. The van der Waals surface area contributed by atoms with Gasteiger partial charge in [0.25, 0.3) is 0 Å². The maximum absolute atomic E-state index is 6.19. The topological polar surface area (TPSA) is 17.8 Å². The van der Waals surface area contributed by atoms with E-state index in [9.17, 15) is 0 Å². The highest BCUT2D eigenvalue weighted by molar-refractivity contribution is 6.18. The quantitative estimate of drug-likeness (QED) is 0.736. The lowest BCUT2D eigenvalue weighted by Gasteiger charge is -2.35. The van der Waals surface area contributed by atoms with Gasteiger partial charge in [-0.15, -0.1) is 11.6 Å². The van der Waals surface area contributed by atoms with E-state index in [1.54, 1.807) is 0 Å². The summed E-state index contributed by atoms with van der Waals surface area (Å²) >= 11 is 6.19. The Hall–Kier alpha value is -0.500. The minimum atomic E-state index is 0.412. The molecule has 0 spiro atoms. The van der Waals surface area contributed by atoms with Crippen molar-refractivity contribution in [3.8, 4) is 0 Å². The molecule has 90 valence electrons. The highest BCUT2D eigenvalue weighted by Crippen LogP contribution is 2.41. The van der Waals surface area contributed by atoms with Crippen molar-refractivity contribution in [1.29, 1.82) is 0 Å². The van der Waals surface area contributed by atoms with Crippen molar-refractivity contribution in [2.45, 2.75) is 44.9 Å². The molecule has 16 heavy (non-hydrogen) atoms. The average molecular weight is 241 g/mol. The standard InChI is InChI=1S/C13H21ClN2/c1-16-10-12(9-15-16)5-8-13(11-14)6-3-2-4-7-13/h9-10H,2-8,11H2,1H3. The molecule has 1 heterocycles. The summed E-state index contributed by atoms with van der Waals surface area (Å²) in [5.74, 6) is 0.827. The molecule has 0 saturated heterocycles. The summed E-state index contributed by atoms with van der Waals surface area (Å²) in [4.78, 5) is 0. The molecule has 0 amide bonds. The Morgan fingerprint density at radius 2 is 2.12 bits per heavy atom. The first-order valence-electron chi connectivity index (χ1n) is 6.28. The number of hydrogen-bond acceptors (Lipinski definition) is 1. The van der Waals surface area contributed by atoms with Crippen LogP contribution in [0.3, 0.4) is 0 Å². The maximum Gasteiger partial charge on any atom is 0.0521 e. The summed E-state index contributed by atoms with van der Waals surface area (Å²) < 4.78 is 1.88. The van der Waals surface area contributed by atoms with Crippen molar-refractivity contribution >= 4 is 11.6 Å². The van der Waals surface area contributed by atoms with E-state index in [2.05, 4.69) is 11.3 Å². The Morgan fingerprint density at radius 3 is 2.69 bits per heavy atom. The maximum atomic E-state index is 6.19. The monoisotopic (exact) mass is 240 g/mol. The van der Waals surface area contributed by atoms with Crippen molar-refractivity contribution in [2.75, 3.05) is 5.88 Å². The Morgan fingerprint density at radius 1 is 1.38 bits per heavy atom. The highest BCUT2D eigenvalue weighted by atomic mass is 35.5.